The molecule has 1 atom stereocenters. The van der Waals surface area contributed by atoms with Gasteiger partial charge in [-0.15, -0.1) is 5.10 Å². The SMILES string of the molecule is COc1ccc(CCn2c(CCn3nc4ccccn4c3=O)nc3cc(N4CCN5C(=O)OC[C@H]5C4)ccc3c2=O)cc1OC. The number of aryl methyl sites for hydroxylation is 3. The van der Waals surface area contributed by atoms with Crippen LogP contribution in [0, 0.1) is 0 Å². The Bertz CT molecular complexity index is 2030. The minimum Gasteiger partial charge on any atom is -0.493 e. The summed E-state index contributed by atoms with van der Waals surface area (Å²) < 4.78 is 20.7. The van der Waals surface area contributed by atoms with Crippen molar-refractivity contribution in [2.45, 2.75) is 32.0 Å². The number of ether oxygens (including phenoxy) is 3. The van der Waals surface area contributed by atoms with Crippen molar-refractivity contribution in [3.05, 3.63) is 93.0 Å². The van der Waals surface area contributed by atoms with Gasteiger partial charge < -0.3 is 19.1 Å². The summed E-state index contributed by atoms with van der Waals surface area (Å²) in [7, 11) is 3.18. The molecule has 5 heterocycles. The molecular weight excluding hydrogens is 578 g/mol. The highest BCUT2D eigenvalue weighted by Gasteiger charge is 2.37. The third-order valence-electron chi connectivity index (χ3n) is 8.61. The molecule has 2 aliphatic rings. The van der Waals surface area contributed by atoms with E-state index in [9.17, 15) is 14.4 Å². The molecule has 0 bridgehead atoms. The number of anilines is 1. The fourth-order valence-electron chi connectivity index (χ4n) is 6.19. The zero-order valence-corrected chi connectivity index (χ0v) is 25.1. The van der Waals surface area contributed by atoms with Crippen molar-refractivity contribution in [3.8, 4) is 11.5 Å². The number of hydrogen-bond donors (Lipinski definition) is 0. The third kappa shape index (κ3) is 5.23. The van der Waals surface area contributed by atoms with Crippen LogP contribution >= 0.6 is 0 Å². The van der Waals surface area contributed by atoms with Crippen molar-refractivity contribution < 1.29 is 19.0 Å². The molecule has 5 aromatic rings. The van der Waals surface area contributed by atoms with Crippen LogP contribution in [-0.4, -0.2) is 81.2 Å². The minimum absolute atomic E-state index is 0.00112. The van der Waals surface area contributed by atoms with Crippen LogP contribution < -0.4 is 25.6 Å². The first-order valence-corrected chi connectivity index (χ1v) is 14.9. The molecular formula is C32H33N7O6. The molecule has 0 N–H and O–H groups in total. The van der Waals surface area contributed by atoms with Crippen molar-refractivity contribution in [1.29, 1.82) is 0 Å². The van der Waals surface area contributed by atoms with Gasteiger partial charge in [0.15, 0.2) is 17.1 Å². The first-order valence-electron chi connectivity index (χ1n) is 14.9. The number of nitrogens with zero attached hydrogens (tertiary/aromatic N) is 7. The van der Waals surface area contributed by atoms with Crippen LogP contribution in [0.25, 0.3) is 16.6 Å². The lowest BCUT2D eigenvalue weighted by atomic mass is 10.1. The Morgan fingerprint density at radius 1 is 0.933 bits per heavy atom. The summed E-state index contributed by atoms with van der Waals surface area (Å²) >= 11 is 0. The quantitative estimate of drug-likeness (QED) is 0.247. The largest absolute Gasteiger partial charge is 0.493 e. The van der Waals surface area contributed by atoms with Crippen molar-refractivity contribution in [3.63, 3.8) is 0 Å². The molecule has 0 saturated carbocycles. The van der Waals surface area contributed by atoms with E-state index in [2.05, 4.69) is 10.00 Å². The molecule has 45 heavy (non-hydrogen) atoms. The van der Waals surface area contributed by atoms with E-state index < -0.39 is 0 Å². The Balaban J connectivity index is 1.22. The lowest BCUT2D eigenvalue weighted by Crippen LogP contribution is -2.52. The molecule has 13 nitrogen and oxygen atoms in total. The van der Waals surface area contributed by atoms with Crippen LogP contribution in [-0.2, 0) is 30.7 Å². The van der Waals surface area contributed by atoms with Gasteiger partial charge in [0.25, 0.3) is 5.56 Å². The number of aromatic nitrogens is 5. The summed E-state index contributed by atoms with van der Waals surface area (Å²) in [6, 6.07) is 16.8. The van der Waals surface area contributed by atoms with E-state index in [4.69, 9.17) is 19.2 Å². The second kappa shape index (κ2) is 11.6. The first-order chi connectivity index (χ1) is 21.9. The zero-order chi connectivity index (χ0) is 31.1. The maximum atomic E-state index is 14.0. The Hall–Kier alpha value is -5.33. The van der Waals surface area contributed by atoms with Crippen molar-refractivity contribution >= 4 is 28.3 Å². The number of piperazine rings is 1. The molecule has 2 fully saturated rings. The van der Waals surface area contributed by atoms with E-state index in [1.165, 1.54) is 9.08 Å². The van der Waals surface area contributed by atoms with Gasteiger partial charge in [0, 0.05) is 44.5 Å². The zero-order valence-electron chi connectivity index (χ0n) is 25.1. The molecule has 232 valence electrons. The van der Waals surface area contributed by atoms with Gasteiger partial charge in [-0.05, 0) is 54.4 Å². The van der Waals surface area contributed by atoms with Crippen LogP contribution in [0.15, 0.2) is 70.4 Å². The molecule has 1 amide bonds. The monoisotopic (exact) mass is 611 g/mol. The summed E-state index contributed by atoms with van der Waals surface area (Å²) in [6.45, 7) is 2.88. The second-order valence-electron chi connectivity index (χ2n) is 11.2. The van der Waals surface area contributed by atoms with E-state index in [1.807, 2.05) is 42.5 Å². The molecule has 2 aromatic carbocycles. The normalized spacial score (nSPS) is 16.3. The maximum absolute atomic E-state index is 14.0. The van der Waals surface area contributed by atoms with E-state index in [0.717, 1.165) is 11.3 Å². The van der Waals surface area contributed by atoms with Gasteiger partial charge in [-0.1, -0.05) is 12.1 Å². The van der Waals surface area contributed by atoms with Crippen molar-refractivity contribution in [2.24, 2.45) is 0 Å². The number of carbonyl (C=O) groups is 1. The summed E-state index contributed by atoms with van der Waals surface area (Å²) in [5, 5.41) is 4.97. The van der Waals surface area contributed by atoms with Gasteiger partial charge in [-0.3, -0.25) is 18.7 Å². The van der Waals surface area contributed by atoms with Gasteiger partial charge in [-0.25, -0.2) is 19.3 Å². The number of benzene rings is 2. The van der Waals surface area contributed by atoms with Gasteiger partial charge in [-0.2, -0.15) is 0 Å². The highest BCUT2D eigenvalue weighted by molar-refractivity contribution is 5.82. The van der Waals surface area contributed by atoms with Crippen molar-refractivity contribution in [1.82, 2.24) is 28.6 Å². The van der Waals surface area contributed by atoms with Crippen LogP contribution in [0.2, 0.25) is 0 Å². The lowest BCUT2D eigenvalue weighted by molar-refractivity contribution is 0.157. The van der Waals surface area contributed by atoms with Gasteiger partial charge >= 0.3 is 11.8 Å². The molecule has 7 rings (SSSR count). The molecule has 13 heteroatoms. The average molecular weight is 612 g/mol. The van der Waals surface area contributed by atoms with Crippen LogP contribution in [0.3, 0.4) is 0 Å². The summed E-state index contributed by atoms with van der Waals surface area (Å²) in [4.78, 5) is 47.9. The van der Waals surface area contributed by atoms with Crippen molar-refractivity contribution in [2.75, 3.05) is 45.4 Å². The van der Waals surface area contributed by atoms with E-state index in [0.29, 0.717) is 79.5 Å². The van der Waals surface area contributed by atoms with Gasteiger partial charge in [0.1, 0.15) is 12.4 Å². The number of amides is 1. The average Bonchev–Trinajstić information content (AvgIpc) is 3.61. The molecule has 3 aromatic heterocycles. The van der Waals surface area contributed by atoms with E-state index >= 15 is 0 Å². The summed E-state index contributed by atoms with van der Waals surface area (Å²) in [6.07, 6.45) is 2.30. The maximum Gasteiger partial charge on any atom is 0.410 e. The predicted molar refractivity (Wildman–Crippen MR) is 166 cm³/mol. The molecule has 0 aliphatic carbocycles. The number of rotatable bonds is 9. The number of cyclic esters (lactones) is 1. The smallest absolute Gasteiger partial charge is 0.410 e. The lowest BCUT2D eigenvalue weighted by Gasteiger charge is -2.36. The molecule has 0 radical (unpaired) electrons. The Morgan fingerprint density at radius 2 is 1.80 bits per heavy atom. The summed E-state index contributed by atoms with van der Waals surface area (Å²) in [5.41, 5.74) is 2.65. The van der Waals surface area contributed by atoms with Gasteiger partial charge in [0.2, 0.25) is 0 Å². The highest BCUT2D eigenvalue weighted by Crippen LogP contribution is 2.28. The molecule has 2 saturated heterocycles. The minimum atomic E-state index is -0.261. The highest BCUT2D eigenvalue weighted by atomic mass is 16.6. The number of pyridine rings is 1. The van der Waals surface area contributed by atoms with Gasteiger partial charge in [0.05, 0.1) is 37.7 Å². The Kier molecular flexibility index (Phi) is 7.35. The Labute approximate surface area is 257 Å². The Morgan fingerprint density at radius 3 is 2.62 bits per heavy atom. The predicted octanol–water partition coefficient (Wildman–Crippen LogP) is 2.35. The first kappa shape index (κ1) is 28.4. The van der Waals surface area contributed by atoms with Crippen LogP contribution in [0.4, 0.5) is 10.5 Å². The standard InChI is InChI=1S/C32H33N7O6/c1-43-26-9-6-21(17-27(26)44-2)10-13-37-28(11-14-39-31(41)38-12-4-3-5-29(38)34-39)33-25-18-22(7-8-24(25)30(37)40)35-15-16-36-23(19-35)20-45-32(36)42/h3-9,12,17-18,23H,10-11,13-16,19-20H2,1-2H3/t23-/m1/s1. The number of carbonyl (C=O) groups excluding carboxylic acids is 1. The summed E-state index contributed by atoms with van der Waals surface area (Å²) in [5.74, 6) is 1.81. The van der Waals surface area contributed by atoms with Crippen LogP contribution in [0.5, 0.6) is 11.5 Å². The topological polar surface area (TPSA) is 125 Å². The number of hydrogen-bond acceptors (Lipinski definition) is 9. The fourth-order valence-corrected chi connectivity index (χ4v) is 6.19. The molecule has 0 unspecified atom stereocenters. The second-order valence-corrected chi connectivity index (χ2v) is 11.2. The fraction of sp³-hybridized carbons (Fsp3) is 0.344. The molecule has 2 aliphatic heterocycles. The number of fused-ring (bicyclic) bond motifs is 3. The third-order valence-corrected chi connectivity index (χ3v) is 8.61. The van der Waals surface area contributed by atoms with E-state index in [-0.39, 0.29) is 29.9 Å². The van der Waals surface area contributed by atoms with E-state index in [1.54, 1.807) is 42.0 Å². The van der Waals surface area contributed by atoms with Crippen LogP contribution in [0.1, 0.15) is 11.4 Å². The molecule has 0 spiro atoms. The number of methoxy groups -OCH3 is 2.